The highest BCUT2D eigenvalue weighted by atomic mass is 15.2. The highest BCUT2D eigenvalue weighted by molar-refractivity contribution is 5.29. The van der Waals surface area contributed by atoms with E-state index in [2.05, 4.69) is 41.8 Å². The quantitative estimate of drug-likeness (QED) is 0.844. The summed E-state index contributed by atoms with van der Waals surface area (Å²) >= 11 is 0. The average Bonchev–Trinajstić information content (AvgIpc) is 2.82. The van der Waals surface area contributed by atoms with Crippen LogP contribution < -0.4 is 5.32 Å². The van der Waals surface area contributed by atoms with Crippen LogP contribution in [0.5, 0.6) is 0 Å². The first-order valence-corrected chi connectivity index (χ1v) is 6.46. The van der Waals surface area contributed by atoms with Crippen LogP contribution in [0, 0.1) is 12.8 Å². The largest absolute Gasteiger partial charge is 0.355 e. The van der Waals surface area contributed by atoms with Crippen LogP contribution >= 0.6 is 0 Å². The van der Waals surface area contributed by atoms with Crippen molar-refractivity contribution in [3.8, 4) is 0 Å². The van der Waals surface area contributed by atoms with Gasteiger partial charge in [0.1, 0.15) is 0 Å². The van der Waals surface area contributed by atoms with Crippen molar-refractivity contribution in [2.45, 2.75) is 52.5 Å². The number of aromatic nitrogens is 2. The van der Waals surface area contributed by atoms with Crippen molar-refractivity contribution in [2.75, 3.05) is 11.9 Å². The zero-order valence-electron chi connectivity index (χ0n) is 10.7. The molecule has 0 atom stereocenters. The molecule has 16 heavy (non-hydrogen) atoms. The number of imidazole rings is 1. The molecule has 0 bridgehead atoms. The number of nitrogens with one attached hydrogen (secondary N) is 1. The molecule has 3 nitrogen and oxygen atoms in total. The van der Waals surface area contributed by atoms with Crippen molar-refractivity contribution in [3.05, 3.63) is 11.9 Å². The third-order valence-corrected chi connectivity index (χ3v) is 3.24. The number of hydrogen-bond donors (Lipinski definition) is 1. The second-order valence-electron chi connectivity index (χ2n) is 5.33. The SMILES string of the molecule is Cc1cn(C2CCCC2)c(NCC(C)C)n1. The molecule has 0 spiro atoms. The summed E-state index contributed by atoms with van der Waals surface area (Å²) in [6.45, 7) is 7.53. The molecule has 1 aromatic heterocycles. The maximum absolute atomic E-state index is 4.58. The summed E-state index contributed by atoms with van der Waals surface area (Å²) in [4.78, 5) is 4.58. The summed E-state index contributed by atoms with van der Waals surface area (Å²) in [6.07, 6.45) is 7.55. The van der Waals surface area contributed by atoms with Gasteiger partial charge in [0.2, 0.25) is 5.95 Å². The molecule has 0 aromatic carbocycles. The van der Waals surface area contributed by atoms with E-state index in [1.165, 1.54) is 25.7 Å². The third-order valence-electron chi connectivity index (χ3n) is 3.24. The lowest BCUT2D eigenvalue weighted by atomic mass is 10.2. The van der Waals surface area contributed by atoms with Gasteiger partial charge in [-0.3, -0.25) is 0 Å². The molecule has 0 unspecified atom stereocenters. The predicted molar refractivity (Wildman–Crippen MR) is 67.8 cm³/mol. The number of nitrogens with zero attached hydrogens (tertiary/aromatic N) is 2. The molecule has 3 heteroatoms. The molecule has 90 valence electrons. The normalized spacial score (nSPS) is 17.2. The molecule has 0 saturated heterocycles. The molecule has 1 heterocycles. The van der Waals surface area contributed by atoms with Crippen LogP contribution in [-0.2, 0) is 0 Å². The second-order valence-corrected chi connectivity index (χ2v) is 5.33. The molecule has 1 fully saturated rings. The number of rotatable bonds is 4. The van der Waals surface area contributed by atoms with Crippen LogP contribution in [-0.4, -0.2) is 16.1 Å². The van der Waals surface area contributed by atoms with Gasteiger partial charge in [-0.25, -0.2) is 4.98 Å². The number of hydrogen-bond acceptors (Lipinski definition) is 2. The predicted octanol–water partition coefficient (Wildman–Crippen LogP) is 3.37. The molecular formula is C13H23N3. The van der Waals surface area contributed by atoms with Crippen molar-refractivity contribution in [1.29, 1.82) is 0 Å². The van der Waals surface area contributed by atoms with E-state index in [1.54, 1.807) is 0 Å². The summed E-state index contributed by atoms with van der Waals surface area (Å²) in [5, 5.41) is 3.46. The minimum atomic E-state index is 0.661. The van der Waals surface area contributed by atoms with E-state index in [0.717, 1.165) is 18.2 Å². The van der Waals surface area contributed by atoms with E-state index < -0.39 is 0 Å². The minimum Gasteiger partial charge on any atom is -0.355 e. The Kier molecular flexibility index (Phi) is 3.52. The Bertz CT molecular complexity index is 335. The van der Waals surface area contributed by atoms with Crippen LogP contribution in [0.15, 0.2) is 6.20 Å². The maximum Gasteiger partial charge on any atom is 0.203 e. The molecule has 1 aliphatic rings. The van der Waals surface area contributed by atoms with E-state index in [4.69, 9.17) is 0 Å². The van der Waals surface area contributed by atoms with E-state index in [9.17, 15) is 0 Å². The fourth-order valence-electron chi connectivity index (χ4n) is 2.40. The standard InChI is InChI=1S/C13H23N3/c1-10(2)8-14-13-15-11(3)9-16(13)12-6-4-5-7-12/h9-10,12H,4-8H2,1-3H3,(H,14,15). The van der Waals surface area contributed by atoms with Gasteiger partial charge in [0.25, 0.3) is 0 Å². The van der Waals surface area contributed by atoms with Crippen molar-refractivity contribution in [1.82, 2.24) is 9.55 Å². The maximum atomic E-state index is 4.58. The summed E-state index contributed by atoms with van der Waals surface area (Å²) in [5.41, 5.74) is 1.12. The van der Waals surface area contributed by atoms with E-state index in [1.807, 2.05) is 0 Å². The van der Waals surface area contributed by atoms with Crippen LogP contribution in [0.4, 0.5) is 5.95 Å². The Morgan fingerprint density at radius 2 is 2.12 bits per heavy atom. The number of anilines is 1. The monoisotopic (exact) mass is 221 g/mol. The molecule has 2 rings (SSSR count). The van der Waals surface area contributed by atoms with Crippen molar-refractivity contribution in [3.63, 3.8) is 0 Å². The Labute approximate surface area is 98.3 Å². The highest BCUT2D eigenvalue weighted by Gasteiger charge is 2.19. The van der Waals surface area contributed by atoms with Gasteiger partial charge in [-0.15, -0.1) is 0 Å². The molecule has 1 N–H and O–H groups in total. The summed E-state index contributed by atoms with van der Waals surface area (Å²) in [6, 6.07) is 0.677. The summed E-state index contributed by atoms with van der Waals surface area (Å²) in [7, 11) is 0. The molecule has 0 amide bonds. The molecule has 0 aliphatic heterocycles. The second kappa shape index (κ2) is 4.89. The van der Waals surface area contributed by atoms with Crippen LogP contribution in [0.25, 0.3) is 0 Å². The Hall–Kier alpha value is -0.990. The zero-order valence-corrected chi connectivity index (χ0v) is 10.7. The van der Waals surface area contributed by atoms with Crippen LogP contribution in [0.1, 0.15) is 51.3 Å². The first-order chi connectivity index (χ1) is 7.66. The van der Waals surface area contributed by atoms with Gasteiger partial charge in [-0.2, -0.15) is 0 Å². The number of aryl methyl sites for hydroxylation is 1. The molecule has 1 saturated carbocycles. The van der Waals surface area contributed by atoms with Crippen LogP contribution in [0.3, 0.4) is 0 Å². The lowest BCUT2D eigenvalue weighted by Gasteiger charge is -2.16. The van der Waals surface area contributed by atoms with E-state index in [0.29, 0.717) is 12.0 Å². The summed E-state index contributed by atoms with van der Waals surface area (Å²) < 4.78 is 2.35. The Morgan fingerprint density at radius 1 is 1.44 bits per heavy atom. The molecular weight excluding hydrogens is 198 g/mol. The fourth-order valence-corrected chi connectivity index (χ4v) is 2.40. The summed E-state index contributed by atoms with van der Waals surface area (Å²) in [5.74, 6) is 1.73. The third kappa shape index (κ3) is 2.57. The van der Waals surface area contributed by atoms with Gasteiger partial charge >= 0.3 is 0 Å². The Balaban J connectivity index is 2.09. The first kappa shape index (κ1) is 11.5. The lowest BCUT2D eigenvalue weighted by Crippen LogP contribution is -2.14. The van der Waals surface area contributed by atoms with E-state index in [-0.39, 0.29) is 0 Å². The zero-order chi connectivity index (χ0) is 11.5. The smallest absolute Gasteiger partial charge is 0.203 e. The van der Waals surface area contributed by atoms with Gasteiger partial charge in [-0.1, -0.05) is 26.7 Å². The minimum absolute atomic E-state index is 0.661. The first-order valence-electron chi connectivity index (χ1n) is 6.46. The highest BCUT2D eigenvalue weighted by Crippen LogP contribution is 2.32. The molecule has 1 aromatic rings. The Morgan fingerprint density at radius 3 is 2.75 bits per heavy atom. The molecule has 0 radical (unpaired) electrons. The molecule has 1 aliphatic carbocycles. The average molecular weight is 221 g/mol. The van der Waals surface area contributed by atoms with Gasteiger partial charge < -0.3 is 9.88 Å². The topological polar surface area (TPSA) is 29.9 Å². The van der Waals surface area contributed by atoms with Crippen molar-refractivity contribution in [2.24, 2.45) is 5.92 Å². The van der Waals surface area contributed by atoms with Gasteiger partial charge in [0.15, 0.2) is 0 Å². The van der Waals surface area contributed by atoms with Crippen molar-refractivity contribution < 1.29 is 0 Å². The van der Waals surface area contributed by atoms with Gasteiger partial charge in [0.05, 0.1) is 5.69 Å². The van der Waals surface area contributed by atoms with Gasteiger partial charge in [-0.05, 0) is 25.7 Å². The van der Waals surface area contributed by atoms with Crippen molar-refractivity contribution >= 4 is 5.95 Å². The lowest BCUT2D eigenvalue weighted by molar-refractivity contribution is 0.520. The van der Waals surface area contributed by atoms with E-state index >= 15 is 0 Å². The van der Waals surface area contributed by atoms with Crippen LogP contribution in [0.2, 0.25) is 0 Å². The fraction of sp³-hybridized carbons (Fsp3) is 0.769. The van der Waals surface area contributed by atoms with Gasteiger partial charge in [0, 0.05) is 18.8 Å².